The van der Waals surface area contributed by atoms with Gasteiger partial charge in [0, 0.05) is 23.5 Å². The van der Waals surface area contributed by atoms with Gasteiger partial charge < -0.3 is 5.11 Å². The van der Waals surface area contributed by atoms with Crippen LogP contribution >= 0.6 is 22.9 Å². The molecule has 0 aliphatic rings. The number of aromatic hydroxyl groups is 1. The molecule has 0 fully saturated rings. The fraction of sp³-hybridized carbons (Fsp3) is 0.0833. The van der Waals surface area contributed by atoms with E-state index < -0.39 is 0 Å². The third-order valence-electron chi connectivity index (χ3n) is 5.28. The fourth-order valence-electron chi connectivity index (χ4n) is 3.85. The minimum atomic E-state index is -0.294. The van der Waals surface area contributed by atoms with E-state index in [2.05, 4.69) is 9.97 Å². The standard InChI is InChI=1S/C24H17ClN4O2S/c1-15-6-5-11-28-21(15)29(14-18-13-27-24(25)32-18)23(31)20(22(28)30)17-8-4-7-16(12-17)19-9-2-3-10-26-19/h2-13H,14H2,1H3/p+1. The Morgan fingerprint density at radius 2 is 1.94 bits per heavy atom. The second-order valence-electron chi connectivity index (χ2n) is 7.35. The van der Waals surface area contributed by atoms with Crippen molar-refractivity contribution in [3.05, 3.63) is 98.4 Å². The Bertz CT molecular complexity index is 1510. The first kappa shape index (κ1) is 20.4. The molecule has 0 radical (unpaired) electrons. The molecule has 1 aromatic carbocycles. The summed E-state index contributed by atoms with van der Waals surface area (Å²) in [7, 11) is 0. The molecule has 0 unspecified atom stereocenters. The van der Waals surface area contributed by atoms with E-state index in [4.69, 9.17) is 11.6 Å². The Morgan fingerprint density at radius 3 is 2.69 bits per heavy atom. The number of thiazole rings is 1. The van der Waals surface area contributed by atoms with Gasteiger partial charge in [-0.15, -0.1) is 11.3 Å². The van der Waals surface area contributed by atoms with Crippen molar-refractivity contribution in [2.45, 2.75) is 13.5 Å². The molecule has 32 heavy (non-hydrogen) atoms. The maximum atomic E-state index is 13.5. The number of hydrogen-bond acceptors (Lipinski definition) is 5. The lowest BCUT2D eigenvalue weighted by Crippen LogP contribution is -2.41. The summed E-state index contributed by atoms with van der Waals surface area (Å²) in [5.74, 6) is -0.105. The van der Waals surface area contributed by atoms with Crippen molar-refractivity contribution in [2.75, 3.05) is 0 Å². The van der Waals surface area contributed by atoms with Crippen molar-refractivity contribution < 1.29 is 9.67 Å². The van der Waals surface area contributed by atoms with Crippen molar-refractivity contribution in [3.63, 3.8) is 0 Å². The van der Waals surface area contributed by atoms with E-state index in [1.54, 1.807) is 27.6 Å². The highest BCUT2D eigenvalue weighted by molar-refractivity contribution is 7.15. The lowest BCUT2D eigenvalue weighted by atomic mass is 10.0. The molecular formula is C24H18ClN4O2S+. The molecule has 5 aromatic rings. The molecule has 1 N–H and O–H groups in total. The van der Waals surface area contributed by atoms with E-state index in [9.17, 15) is 9.90 Å². The first-order chi connectivity index (χ1) is 15.5. The predicted molar refractivity (Wildman–Crippen MR) is 125 cm³/mol. The third-order valence-corrected chi connectivity index (χ3v) is 6.38. The van der Waals surface area contributed by atoms with Crippen LogP contribution in [0.5, 0.6) is 5.88 Å². The Labute approximate surface area is 192 Å². The number of fused-ring (bicyclic) bond motifs is 1. The molecule has 0 saturated carbocycles. The summed E-state index contributed by atoms with van der Waals surface area (Å²) in [6.45, 7) is 2.24. The highest BCUT2D eigenvalue weighted by Crippen LogP contribution is 2.28. The van der Waals surface area contributed by atoms with Gasteiger partial charge in [0.1, 0.15) is 6.54 Å². The Balaban J connectivity index is 1.77. The van der Waals surface area contributed by atoms with Crippen molar-refractivity contribution in [1.29, 1.82) is 0 Å². The van der Waals surface area contributed by atoms with Gasteiger partial charge in [0.25, 0.3) is 11.5 Å². The van der Waals surface area contributed by atoms with Gasteiger partial charge in [0.05, 0.1) is 16.8 Å². The van der Waals surface area contributed by atoms with E-state index in [1.165, 1.54) is 11.3 Å². The van der Waals surface area contributed by atoms with Gasteiger partial charge in [0.15, 0.2) is 10.0 Å². The van der Waals surface area contributed by atoms with Gasteiger partial charge in [-0.1, -0.05) is 35.9 Å². The van der Waals surface area contributed by atoms with Gasteiger partial charge in [-0.05, 0) is 42.8 Å². The minimum absolute atomic E-state index is 0.105. The summed E-state index contributed by atoms with van der Waals surface area (Å²) < 4.78 is 3.72. The average Bonchev–Trinajstić information content (AvgIpc) is 3.22. The van der Waals surface area contributed by atoms with E-state index >= 15 is 0 Å². The second-order valence-corrected chi connectivity index (χ2v) is 9.05. The quantitative estimate of drug-likeness (QED) is 0.400. The number of aromatic nitrogens is 4. The molecule has 4 aromatic heterocycles. The van der Waals surface area contributed by atoms with Gasteiger partial charge in [-0.25, -0.2) is 9.78 Å². The summed E-state index contributed by atoms with van der Waals surface area (Å²) in [5.41, 5.74) is 3.67. The van der Waals surface area contributed by atoms with E-state index in [-0.39, 0.29) is 17.0 Å². The number of benzene rings is 1. The molecule has 8 heteroatoms. The van der Waals surface area contributed by atoms with Crippen LogP contribution in [0.15, 0.2) is 78.0 Å². The summed E-state index contributed by atoms with van der Waals surface area (Å²) in [5, 5.41) is 11.4. The Morgan fingerprint density at radius 1 is 1.09 bits per heavy atom. The first-order valence-electron chi connectivity index (χ1n) is 9.92. The van der Waals surface area contributed by atoms with Crippen LogP contribution in [-0.2, 0) is 6.54 Å². The van der Waals surface area contributed by atoms with Crippen LogP contribution < -0.4 is 10.1 Å². The smallest absolute Gasteiger partial charge is 0.354 e. The molecule has 4 heterocycles. The fourth-order valence-corrected chi connectivity index (χ4v) is 4.82. The molecule has 0 aliphatic heterocycles. The van der Waals surface area contributed by atoms with E-state index in [1.807, 2.05) is 61.5 Å². The van der Waals surface area contributed by atoms with Crippen LogP contribution in [0.1, 0.15) is 10.4 Å². The summed E-state index contributed by atoms with van der Waals surface area (Å²) in [6.07, 6.45) is 5.12. The SMILES string of the molecule is Cc1cccn2c(=O)c(-c3cccc(-c4ccccn4)c3)c(O)[n+](Cc3cnc(Cl)s3)c12. The minimum Gasteiger partial charge on any atom is -0.477 e. The molecule has 158 valence electrons. The Kier molecular flexibility index (Phi) is 5.20. The average molecular weight is 462 g/mol. The lowest BCUT2D eigenvalue weighted by Gasteiger charge is -2.11. The van der Waals surface area contributed by atoms with Crippen molar-refractivity contribution >= 4 is 28.6 Å². The zero-order chi connectivity index (χ0) is 22.2. The number of nitrogens with zero attached hydrogens (tertiary/aromatic N) is 4. The maximum Gasteiger partial charge on any atom is 0.354 e. The van der Waals surface area contributed by atoms with Crippen LogP contribution in [0, 0.1) is 6.92 Å². The predicted octanol–water partition coefficient (Wildman–Crippen LogP) is 4.49. The molecular weight excluding hydrogens is 444 g/mol. The monoisotopic (exact) mass is 461 g/mol. The van der Waals surface area contributed by atoms with Crippen molar-refractivity contribution in [1.82, 2.24) is 14.4 Å². The van der Waals surface area contributed by atoms with Crippen LogP contribution in [0.3, 0.4) is 0 Å². The third kappa shape index (κ3) is 3.55. The molecule has 6 nitrogen and oxygen atoms in total. The number of halogens is 1. The van der Waals surface area contributed by atoms with Crippen molar-refractivity contribution in [2.24, 2.45) is 0 Å². The number of pyridine rings is 2. The second kappa shape index (κ2) is 8.18. The summed E-state index contributed by atoms with van der Waals surface area (Å²) in [6, 6.07) is 16.9. The normalized spacial score (nSPS) is 11.2. The van der Waals surface area contributed by atoms with Crippen LogP contribution in [0.25, 0.3) is 28.0 Å². The summed E-state index contributed by atoms with van der Waals surface area (Å²) >= 11 is 7.36. The highest BCUT2D eigenvalue weighted by atomic mass is 35.5. The first-order valence-corrected chi connectivity index (χ1v) is 11.1. The molecule has 0 saturated heterocycles. The van der Waals surface area contributed by atoms with Crippen LogP contribution in [-0.4, -0.2) is 19.5 Å². The molecule has 0 amide bonds. The topological polar surface area (TPSA) is 71.4 Å². The van der Waals surface area contributed by atoms with Crippen LogP contribution in [0.2, 0.25) is 4.47 Å². The van der Waals surface area contributed by atoms with E-state index in [0.29, 0.717) is 22.2 Å². The number of rotatable bonds is 4. The molecule has 0 spiro atoms. The maximum absolute atomic E-state index is 13.5. The largest absolute Gasteiger partial charge is 0.477 e. The summed E-state index contributed by atoms with van der Waals surface area (Å²) in [4.78, 5) is 22.9. The van der Waals surface area contributed by atoms with Gasteiger partial charge in [0.2, 0.25) is 0 Å². The Hall–Kier alpha value is -3.55. The molecule has 0 aliphatic carbocycles. The number of aryl methyl sites for hydroxylation is 1. The zero-order valence-electron chi connectivity index (χ0n) is 17.1. The van der Waals surface area contributed by atoms with Gasteiger partial charge in [-0.2, -0.15) is 8.97 Å². The molecule has 0 atom stereocenters. The highest BCUT2D eigenvalue weighted by Gasteiger charge is 2.27. The molecule has 5 rings (SSSR count). The number of hydrogen-bond donors (Lipinski definition) is 1. The van der Waals surface area contributed by atoms with Gasteiger partial charge in [-0.3, -0.25) is 4.98 Å². The lowest BCUT2D eigenvalue weighted by molar-refractivity contribution is -0.671. The van der Waals surface area contributed by atoms with Crippen molar-refractivity contribution in [3.8, 4) is 28.3 Å². The molecule has 0 bridgehead atoms. The zero-order valence-corrected chi connectivity index (χ0v) is 18.6. The van der Waals surface area contributed by atoms with E-state index in [0.717, 1.165) is 21.7 Å². The van der Waals surface area contributed by atoms with Crippen LogP contribution in [0.4, 0.5) is 0 Å². The van der Waals surface area contributed by atoms with Gasteiger partial charge >= 0.3 is 5.56 Å².